The highest BCUT2D eigenvalue weighted by atomic mass is 35.5. The standard InChI is InChI=1S/C19H22N4O4.2ClH/c1-20-11-6-8-22(9-7-11)12-2-3-13-14(10-12)19(27)23(18(13)26)15-4-5-16(24)21-17(15)25;;/h2-3,10-11,15,20H,4-9H2,1H3,(H,21,24,25);2*1H. The molecule has 158 valence electrons. The monoisotopic (exact) mass is 442 g/mol. The lowest BCUT2D eigenvalue weighted by Gasteiger charge is -2.33. The third-order valence-electron chi connectivity index (χ3n) is 5.69. The summed E-state index contributed by atoms with van der Waals surface area (Å²) in [6.07, 6.45) is 2.32. The van der Waals surface area contributed by atoms with Crippen molar-refractivity contribution in [2.24, 2.45) is 0 Å². The van der Waals surface area contributed by atoms with E-state index in [1.807, 2.05) is 13.1 Å². The number of hydrogen-bond acceptors (Lipinski definition) is 6. The van der Waals surface area contributed by atoms with Gasteiger partial charge < -0.3 is 10.2 Å². The van der Waals surface area contributed by atoms with Crippen molar-refractivity contribution in [3.63, 3.8) is 0 Å². The van der Waals surface area contributed by atoms with Gasteiger partial charge in [0.2, 0.25) is 11.8 Å². The zero-order chi connectivity index (χ0) is 19.1. The molecule has 2 saturated heterocycles. The summed E-state index contributed by atoms with van der Waals surface area (Å²) in [7, 11) is 1.96. The van der Waals surface area contributed by atoms with Crippen molar-refractivity contribution in [1.29, 1.82) is 0 Å². The first kappa shape index (κ1) is 23.1. The van der Waals surface area contributed by atoms with Crippen LogP contribution in [0.1, 0.15) is 46.4 Å². The molecular formula is C19H24Cl2N4O4. The second-order valence-electron chi connectivity index (χ2n) is 7.23. The number of imide groups is 2. The van der Waals surface area contributed by atoms with E-state index in [1.165, 1.54) is 0 Å². The van der Waals surface area contributed by atoms with Crippen LogP contribution < -0.4 is 15.5 Å². The van der Waals surface area contributed by atoms with Gasteiger partial charge in [-0.15, -0.1) is 24.8 Å². The van der Waals surface area contributed by atoms with Crippen LogP contribution in [0.5, 0.6) is 0 Å². The van der Waals surface area contributed by atoms with Crippen molar-refractivity contribution in [3.8, 4) is 0 Å². The number of fused-ring (bicyclic) bond motifs is 1. The zero-order valence-electron chi connectivity index (χ0n) is 16.0. The Balaban J connectivity index is 0.00000150. The molecule has 1 aromatic rings. The summed E-state index contributed by atoms with van der Waals surface area (Å²) in [5, 5.41) is 5.49. The molecular weight excluding hydrogens is 419 g/mol. The van der Waals surface area contributed by atoms with Crippen molar-refractivity contribution < 1.29 is 19.2 Å². The molecule has 0 bridgehead atoms. The fourth-order valence-corrected chi connectivity index (χ4v) is 4.08. The molecule has 8 nitrogen and oxygen atoms in total. The minimum Gasteiger partial charge on any atom is -0.371 e. The highest BCUT2D eigenvalue weighted by Gasteiger charge is 2.44. The van der Waals surface area contributed by atoms with Gasteiger partial charge in [0, 0.05) is 31.2 Å². The average molecular weight is 443 g/mol. The van der Waals surface area contributed by atoms with Gasteiger partial charge in [0.25, 0.3) is 11.8 Å². The highest BCUT2D eigenvalue weighted by Crippen LogP contribution is 2.31. The van der Waals surface area contributed by atoms with Crippen molar-refractivity contribution >= 4 is 54.1 Å². The summed E-state index contributed by atoms with van der Waals surface area (Å²) in [6.45, 7) is 1.76. The third kappa shape index (κ3) is 4.10. The first-order valence-corrected chi connectivity index (χ1v) is 9.27. The topological polar surface area (TPSA) is 98.8 Å². The van der Waals surface area contributed by atoms with Gasteiger partial charge >= 0.3 is 0 Å². The van der Waals surface area contributed by atoms with Crippen molar-refractivity contribution in [2.75, 3.05) is 25.0 Å². The van der Waals surface area contributed by atoms with Crippen molar-refractivity contribution in [3.05, 3.63) is 29.3 Å². The van der Waals surface area contributed by atoms with E-state index in [9.17, 15) is 19.2 Å². The molecule has 0 aliphatic carbocycles. The van der Waals surface area contributed by atoms with Crippen LogP contribution >= 0.6 is 24.8 Å². The average Bonchev–Trinajstić information content (AvgIpc) is 2.92. The van der Waals surface area contributed by atoms with E-state index in [1.54, 1.807) is 12.1 Å². The Labute approximate surface area is 181 Å². The number of carbonyl (C=O) groups excluding carboxylic acids is 4. The Bertz CT molecular complexity index is 839. The van der Waals surface area contributed by atoms with Gasteiger partial charge in [-0.05, 0) is 44.5 Å². The quantitative estimate of drug-likeness (QED) is 0.680. The van der Waals surface area contributed by atoms with Gasteiger partial charge in [0.1, 0.15) is 6.04 Å². The first-order valence-electron chi connectivity index (χ1n) is 9.27. The van der Waals surface area contributed by atoms with E-state index in [-0.39, 0.29) is 43.6 Å². The molecule has 1 aromatic carbocycles. The molecule has 0 saturated carbocycles. The summed E-state index contributed by atoms with van der Waals surface area (Å²) in [5.74, 6) is -1.89. The Morgan fingerprint density at radius 2 is 1.62 bits per heavy atom. The minimum absolute atomic E-state index is 0. The molecule has 3 heterocycles. The maximum atomic E-state index is 12.9. The molecule has 2 N–H and O–H groups in total. The van der Waals surface area contributed by atoms with E-state index in [4.69, 9.17) is 0 Å². The van der Waals surface area contributed by atoms with Gasteiger partial charge in [0.15, 0.2) is 0 Å². The molecule has 0 radical (unpaired) electrons. The van der Waals surface area contributed by atoms with Gasteiger partial charge in [-0.1, -0.05) is 0 Å². The lowest BCUT2D eigenvalue weighted by molar-refractivity contribution is -0.136. The first-order chi connectivity index (χ1) is 13.0. The van der Waals surface area contributed by atoms with Crippen molar-refractivity contribution in [1.82, 2.24) is 15.5 Å². The normalized spacial score (nSPS) is 22.0. The summed E-state index contributed by atoms with van der Waals surface area (Å²) in [4.78, 5) is 52.3. The minimum atomic E-state index is -0.926. The van der Waals surface area contributed by atoms with Crippen LogP contribution in [0.4, 0.5) is 5.69 Å². The van der Waals surface area contributed by atoms with Crippen LogP contribution in [0, 0.1) is 0 Å². The molecule has 1 unspecified atom stereocenters. The molecule has 10 heteroatoms. The predicted octanol–water partition coefficient (Wildman–Crippen LogP) is 1.12. The predicted molar refractivity (Wildman–Crippen MR) is 112 cm³/mol. The van der Waals surface area contributed by atoms with E-state index in [0.29, 0.717) is 17.2 Å². The third-order valence-corrected chi connectivity index (χ3v) is 5.69. The molecule has 4 rings (SSSR count). The summed E-state index contributed by atoms with van der Waals surface area (Å²) in [6, 6.07) is 4.85. The number of nitrogens with one attached hydrogen (secondary N) is 2. The Hall–Kier alpha value is -2.16. The van der Waals surface area contributed by atoms with Gasteiger partial charge in [-0.3, -0.25) is 29.4 Å². The SMILES string of the molecule is CNC1CCN(c2ccc3c(c2)C(=O)N(C2CCC(=O)NC2=O)C3=O)CC1.Cl.Cl. The largest absolute Gasteiger partial charge is 0.371 e. The van der Waals surface area contributed by atoms with Gasteiger partial charge in [-0.2, -0.15) is 0 Å². The summed E-state index contributed by atoms with van der Waals surface area (Å²) in [5.41, 5.74) is 1.56. The van der Waals surface area contributed by atoms with E-state index < -0.39 is 23.8 Å². The summed E-state index contributed by atoms with van der Waals surface area (Å²) < 4.78 is 0. The maximum absolute atomic E-state index is 12.9. The number of carbonyl (C=O) groups is 4. The number of anilines is 1. The van der Waals surface area contributed by atoms with Crippen LogP contribution in [0.3, 0.4) is 0 Å². The highest BCUT2D eigenvalue weighted by molar-refractivity contribution is 6.23. The summed E-state index contributed by atoms with van der Waals surface area (Å²) >= 11 is 0. The van der Waals surface area contributed by atoms with Crippen LogP contribution in [0.15, 0.2) is 18.2 Å². The second-order valence-corrected chi connectivity index (χ2v) is 7.23. The maximum Gasteiger partial charge on any atom is 0.262 e. The number of nitrogens with zero attached hydrogens (tertiary/aromatic N) is 2. The van der Waals surface area contributed by atoms with Crippen LogP contribution in [-0.2, 0) is 9.59 Å². The molecule has 29 heavy (non-hydrogen) atoms. The molecule has 3 aliphatic heterocycles. The number of rotatable bonds is 3. The molecule has 0 spiro atoms. The molecule has 4 amide bonds. The molecule has 3 aliphatic rings. The van der Waals surface area contributed by atoms with E-state index >= 15 is 0 Å². The molecule has 0 aromatic heterocycles. The van der Waals surface area contributed by atoms with Gasteiger partial charge in [0.05, 0.1) is 11.1 Å². The second kappa shape index (κ2) is 9.11. The number of amides is 4. The smallest absolute Gasteiger partial charge is 0.262 e. The number of piperidine rings is 2. The Morgan fingerprint density at radius 1 is 0.966 bits per heavy atom. The molecule has 1 atom stereocenters. The number of halogens is 2. The Kier molecular flexibility index (Phi) is 7.26. The molecule has 2 fully saturated rings. The number of benzene rings is 1. The van der Waals surface area contributed by atoms with Crippen LogP contribution in [0.2, 0.25) is 0 Å². The fraction of sp³-hybridized carbons (Fsp3) is 0.474. The van der Waals surface area contributed by atoms with Gasteiger partial charge in [-0.25, -0.2) is 0 Å². The fourth-order valence-electron chi connectivity index (χ4n) is 4.08. The van der Waals surface area contributed by atoms with E-state index in [0.717, 1.165) is 36.5 Å². The Morgan fingerprint density at radius 3 is 2.24 bits per heavy atom. The van der Waals surface area contributed by atoms with E-state index in [2.05, 4.69) is 15.5 Å². The van der Waals surface area contributed by atoms with Crippen LogP contribution in [0.25, 0.3) is 0 Å². The lowest BCUT2D eigenvalue weighted by atomic mass is 10.0. The van der Waals surface area contributed by atoms with Crippen LogP contribution in [-0.4, -0.2) is 60.7 Å². The number of hydrogen-bond donors (Lipinski definition) is 2. The van der Waals surface area contributed by atoms with Crippen molar-refractivity contribution in [2.45, 2.75) is 37.8 Å². The zero-order valence-corrected chi connectivity index (χ0v) is 17.6. The lowest BCUT2D eigenvalue weighted by Crippen LogP contribution is -2.54.